The van der Waals surface area contributed by atoms with Gasteiger partial charge in [0.1, 0.15) is 0 Å². The van der Waals surface area contributed by atoms with Gasteiger partial charge in [-0.2, -0.15) is 0 Å². The van der Waals surface area contributed by atoms with Crippen LogP contribution in [0.1, 0.15) is 73.6 Å². The Bertz CT molecular complexity index is 179. The first kappa shape index (κ1) is 14.7. The average Bonchev–Trinajstić information content (AvgIpc) is 2.08. The van der Waals surface area contributed by atoms with E-state index >= 15 is 0 Å². The highest BCUT2D eigenvalue weighted by molar-refractivity contribution is 4.89. The van der Waals surface area contributed by atoms with Gasteiger partial charge in [-0.3, -0.25) is 0 Å². The average molecular weight is 210 g/mol. The summed E-state index contributed by atoms with van der Waals surface area (Å²) in [6, 6.07) is 0. The minimum absolute atomic E-state index is 0.435. The SMILES string of the molecule is CCCCC(C)(C)CC=CCC(C)(C)C. The Kier molecular flexibility index (Phi) is 6.24. The molecule has 0 aromatic rings. The maximum atomic E-state index is 2.38. The summed E-state index contributed by atoms with van der Waals surface area (Å²) < 4.78 is 0. The molecular weight excluding hydrogens is 180 g/mol. The van der Waals surface area contributed by atoms with Gasteiger partial charge in [-0.1, -0.05) is 66.5 Å². The lowest BCUT2D eigenvalue weighted by molar-refractivity contribution is 0.327. The third-order valence-corrected chi connectivity index (χ3v) is 2.77. The molecule has 0 rings (SSSR count). The highest BCUT2D eigenvalue weighted by atomic mass is 14.2. The molecule has 0 spiro atoms. The fourth-order valence-corrected chi connectivity index (χ4v) is 1.60. The number of allylic oxidation sites excluding steroid dienone is 2. The molecule has 0 aliphatic rings. The van der Waals surface area contributed by atoms with E-state index in [2.05, 4.69) is 53.7 Å². The van der Waals surface area contributed by atoms with Gasteiger partial charge in [0, 0.05) is 0 Å². The van der Waals surface area contributed by atoms with Gasteiger partial charge in [0.15, 0.2) is 0 Å². The second-order valence-electron chi connectivity index (χ2n) is 6.71. The van der Waals surface area contributed by atoms with E-state index in [0.717, 1.165) is 0 Å². The van der Waals surface area contributed by atoms with Gasteiger partial charge in [-0.05, 0) is 30.1 Å². The van der Waals surface area contributed by atoms with Crippen molar-refractivity contribution < 1.29 is 0 Å². The molecule has 0 saturated carbocycles. The molecule has 0 aliphatic carbocycles. The Hall–Kier alpha value is -0.260. The smallest absolute Gasteiger partial charge is 0.0299 e. The van der Waals surface area contributed by atoms with E-state index in [4.69, 9.17) is 0 Å². The van der Waals surface area contributed by atoms with Crippen molar-refractivity contribution in [3.05, 3.63) is 12.2 Å². The van der Waals surface area contributed by atoms with Crippen LogP contribution in [0.2, 0.25) is 0 Å². The van der Waals surface area contributed by atoms with E-state index in [9.17, 15) is 0 Å². The van der Waals surface area contributed by atoms with Gasteiger partial charge < -0.3 is 0 Å². The monoisotopic (exact) mass is 210 g/mol. The molecule has 0 saturated heterocycles. The summed E-state index contributed by atoms with van der Waals surface area (Å²) in [7, 11) is 0. The fraction of sp³-hybridized carbons (Fsp3) is 0.867. The van der Waals surface area contributed by atoms with Crippen LogP contribution in [0.3, 0.4) is 0 Å². The van der Waals surface area contributed by atoms with Crippen LogP contribution in [0, 0.1) is 10.8 Å². The molecule has 15 heavy (non-hydrogen) atoms. The first-order chi connectivity index (χ1) is 6.77. The molecule has 0 aliphatic heterocycles. The summed E-state index contributed by atoms with van der Waals surface area (Å²) in [5.74, 6) is 0. The third-order valence-electron chi connectivity index (χ3n) is 2.77. The molecule has 90 valence electrons. The number of unbranched alkanes of at least 4 members (excludes halogenated alkanes) is 1. The summed E-state index contributed by atoms with van der Waals surface area (Å²) >= 11 is 0. The molecule has 0 aromatic heterocycles. The van der Waals surface area contributed by atoms with E-state index in [0.29, 0.717) is 10.8 Å². The Morgan fingerprint density at radius 1 is 0.867 bits per heavy atom. The van der Waals surface area contributed by atoms with Crippen LogP contribution in [0.15, 0.2) is 12.2 Å². The van der Waals surface area contributed by atoms with Crippen LogP contribution >= 0.6 is 0 Å². The number of hydrogen-bond donors (Lipinski definition) is 0. The molecular formula is C15H30. The Morgan fingerprint density at radius 2 is 1.40 bits per heavy atom. The first-order valence-corrected chi connectivity index (χ1v) is 6.42. The molecule has 0 fully saturated rings. The summed E-state index contributed by atoms with van der Waals surface area (Å²) in [6.45, 7) is 13.9. The van der Waals surface area contributed by atoms with Crippen molar-refractivity contribution in [2.24, 2.45) is 10.8 Å². The molecule has 0 bridgehead atoms. The molecule has 0 nitrogen and oxygen atoms in total. The highest BCUT2D eigenvalue weighted by Crippen LogP contribution is 2.28. The zero-order chi connectivity index (χ0) is 11.9. The normalized spacial score (nSPS) is 13.7. The molecule has 0 heterocycles. The van der Waals surface area contributed by atoms with Crippen LogP contribution in [0.5, 0.6) is 0 Å². The van der Waals surface area contributed by atoms with E-state index < -0.39 is 0 Å². The van der Waals surface area contributed by atoms with Crippen LogP contribution in [-0.2, 0) is 0 Å². The van der Waals surface area contributed by atoms with Gasteiger partial charge in [0.25, 0.3) is 0 Å². The van der Waals surface area contributed by atoms with E-state index in [1.54, 1.807) is 0 Å². The molecule has 0 heteroatoms. The second-order valence-corrected chi connectivity index (χ2v) is 6.71. The predicted molar refractivity (Wildman–Crippen MR) is 71.1 cm³/mol. The maximum absolute atomic E-state index is 2.38. The summed E-state index contributed by atoms with van der Waals surface area (Å²) in [5.41, 5.74) is 0.925. The quantitative estimate of drug-likeness (QED) is 0.502. The highest BCUT2D eigenvalue weighted by Gasteiger charge is 2.15. The standard InChI is InChI=1S/C15H30/c1-7-8-12-15(5,6)13-10-9-11-14(2,3)4/h9-10H,7-8,11-13H2,1-6H3. The van der Waals surface area contributed by atoms with Gasteiger partial charge in [0.05, 0.1) is 0 Å². The zero-order valence-electron chi connectivity index (χ0n) is 11.7. The first-order valence-electron chi connectivity index (χ1n) is 6.42. The van der Waals surface area contributed by atoms with Gasteiger partial charge in [-0.25, -0.2) is 0 Å². The minimum Gasteiger partial charge on any atom is -0.0880 e. The maximum Gasteiger partial charge on any atom is -0.0299 e. The number of rotatable bonds is 6. The Labute approximate surface area is 97.2 Å². The lowest BCUT2D eigenvalue weighted by Gasteiger charge is -2.22. The third kappa shape index (κ3) is 10.0. The van der Waals surface area contributed by atoms with Crippen LogP contribution in [0.25, 0.3) is 0 Å². The van der Waals surface area contributed by atoms with Crippen molar-refractivity contribution in [1.82, 2.24) is 0 Å². The Balaban J connectivity index is 3.82. The lowest BCUT2D eigenvalue weighted by Crippen LogP contribution is -2.09. The van der Waals surface area contributed by atoms with E-state index in [1.165, 1.54) is 32.1 Å². The fourth-order valence-electron chi connectivity index (χ4n) is 1.60. The predicted octanol–water partition coefficient (Wildman–Crippen LogP) is 5.59. The van der Waals surface area contributed by atoms with Crippen molar-refractivity contribution in [2.45, 2.75) is 73.6 Å². The minimum atomic E-state index is 0.435. The van der Waals surface area contributed by atoms with Gasteiger partial charge >= 0.3 is 0 Å². The molecule has 0 N–H and O–H groups in total. The van der Waals surface area contributed by atoms with Crippen molar-refractivity contribution in [3.8, 4) is 0 Å². The van der Waals surface area contributed by atoms with E-state index in [-0.39, 0.29) is 0 Å². The van der Waals surface area contributed by atoms with Crippen molar-refractivity contribution >= 4 is 0 Å². The summed E-state index contributed by atoms with van der Waals surface area (Å²) in [6.07, 6.45) is 11.2. The van der Waals surface area contributed by atoms with Crippen LogP contribution in [0.4, 0.5) is 0 Å². The largest absolute Gasteiger partial charge is 0.0880 e. The molecule has 0 radical (unpaired) electrons. The number of hydrogen-bond acceptors (Lipinski definition) is 0. The van der Waals surface area contributed by atoms with Crippen molar-refractivity contribution in [2.75, 3.05) is 0 Å². The Morgan fingerprint density at radius 3 is 1.87 bits per heavy atom. The van der Waals surface area contributed by atoms with Crippen molar-refractivity contribution in [1.29, 1.82) is 0 Å². The van der Waals surface area contributed by atoms with Gasteiger partial charge in [-0.15, -0.1) is 0 Å². The topological polar surface area (TPSA) is 0 Å². The zero-order valence-corrected chi connectivity index (χ0v) is 11.7. The van der Waals surface area contributed by atoms with Crippen molar-refractivity contribution in [3.63, 3.8) is 0 Å². The van der Waals surface area contributed by atoms with Crippen LogP contribution in [-0.4, -0.2) is 0 Å². The molecule has 0 amide bonds. The van der Waals surface area contributed by atoms with Crippen LogP contribution < -0.4 is 0 Å². The molecule has 0 aromatic carbocycles. The van der Waals surface area contributed by atoms with E-state index in [1.807, 2.05) is 0 Å². The summed E-state index contributed by atoms with van der Waals surface area (Å²) in [5, 5.41) is 0. The molecule has 0 unspecified atom stereocenters. The lowest BCUT2D eigenvalue weighted by atomic mass is 9.83. The van der Waals surface area contributed by atoms with Gasteiger partial charge in [0.2, 0.25) is 0 Å². The summed E-state index contributed by atoms with van der Waals surface area (Å²) in [4.78, 5) is 0. The molecule has 0 atom stereocenters. The second kappa shape index (κ2) is 6.35.